The Morgan fingerprint density at radius 2 is 1.06 bits per heavy atom. The van der Waals surface area contributed by atoms with Crippen molar-refractivity contribution in [2.24, 2.45) is 0 Å². The first-order valence-corrected chi connectivity index (χ1v) is 19.6. The summed E-state index contributed by atoms with van der Waals surface area (Å²) in [6, 6.07) is 41.3. The van der Waals surface area contributed by atoms with Gasteiger partial charge in [-0.05, 0) is 54.4 Å². The zero-order valence-corrected chi connectivity index (χ0v) is 31.0. The third-order valence-electron chi connectivity index (χ3n) is 9.51. The van der Waals surface area contributed by atoms with Gasteiger partial charge in [-0.1, -0.05) is 192 Å². The van der Waals surface area contributed by atoms with Crippen molar-refractivity contribution in [2.75, 3.05) is 13.2 Å². The Morgan fingerprint density at radius 1 is 0.608 bits per heavy atom. The fraction of sp³-hybridized carbons (Fsp3) is 0.426. The van der Waals surface area contributed by atoms with Crippen LogP contribution in [0.1, 0.15) is 119 Å². The van der Waals surface area contributed by atoms with E-state index in [2.05, 4.69) is 72.9 Å². The number of allylic oxidation sites excluding steroid dienone is 2. The van der Waals surface area contributed by atoms with Crippen molar-refractivity contribution in [1.29, 1.82) is 0 Å². The maximum atomic E-state index is 13.2. The number of carbonyl (C=O) groups is 1. The zero-order chi connectivity index (χ0) is 35.7. The number of esters is 1. The number of hydrogen-bond acceptors (Lipinski definition) is 4. The van der Waals surface area contributed by atoms with Gasteiger partial charge in [0, 0.05) is 19.5 Å². The summed E-state index contributed by atoms with van der Waals surface area (Å²) in [5.74, 6) is -0.160. The first kappa shape index (κ1) is 39.8. The monoisotopic (exact) mass is 687 g/mol. The van der Waals surface area contributed by atoms with E-state index in [1.807, 2.05) is 72.8 Å². The van der Waals surface area contributed by atoms with Crippen molar-refractivity contribution in [3.05, 3.63) is 156 Å². The van der Waals surface area contributed by atoms with E-state index in [0.29, 0.717) is 19.5 Å². The normalized spacial score (nSPS) is 12.3. The molecule has 4 rings (SSSR count). The lowest BCUT2D eigenvalue weighted by atomic mass is 9.80. The number of carbonyl (C=O) groups excluding carboxylic acids is 1. The molecule has 272 valence electrons. The molecule has 0 heterocycles. The Hall–Kier alpha value is -3.99. The molecule has 4 aromatic carbocycles. The van der Waals surface area contributed by atoms with Gasteiger partial charge < -0.3 is 14.8 Å². The minimum Gasteiger partial charge on any atom is -0.459 e. The molecule has 0 fully saturated rings. The molecule has 0 aliphatic heterocycles. The summed E-state index contributed by atoms with van der Waals surface area (Å²) in [7, 11) is 0. The predicted octanol–water partition coefficient (Wildman–Crippen LogP) is 11.7. The van der Waals surface area contributed by atoms with Gasteiger partial charge in [0.25, 0.3) is 0 Å². The Kier molecular flexibility index (Phi) is 18.9. The minimum atomic E-state index is -0.878. The van der Waals surface area contributed by atoms with Crippen molar-refractivity contribution in [3.8, 4) is 0 Å². The summed E-state index contributed by atoms with van der Waals surface area (Å²) in [6.45, 7) is 3.68. The first-order chi connectivity index (χ1) is 25.2. The second kappa shape index (κ2) is 24.2. The lowest BCUT2D eigenvalue weighted by Crippen LogP contribution is -2.40. The van der Waals surface area contributed by atoms with E-state index in [9.17, 15) is 4.79 Å². The number of hydrogen-bond donors (Lipinski definition) is 1. The second-order valence-corrected chi connectivity index (χ2v) is 13.7. The van der Waals surface area contributed by atoms with Crippen LogP contribution >= 0.6 is 0 Å². The standard InChI is InChI=1S/C47H61NO3/c1-2-3-4-5-6-7-8-9-10-11-12-13-14-15-28-37-46(49)51-45(39-48-38-41-29-20-16-21-30-41)40-50-47(42-31-22-17-23-32-42,43-33-24-18-25-34-43)44-35-26-19-27-36-44/h9-10,16-27,29-36,45,48H,2-8,11-15,28,37-40H2,1H3/b10-9+. The highest BCUT2D eigenvalue weighted by atomic mass is 16.6. The second-order valence-electron chi connectivity index (χ2n) is 13.7. The lowest BCUT2D eigenvalue weighted by molar-refractivity contribution is -0.154. The highest BCUT2D eigenvalue weighted by Gasteiger charge is 2.38. The smallest absolute Gasteiger partial charge is 0.306 e. The van der Waals surface area contributed by atoms with Gasteiger partial charge >= 0.3 is 5.97 Å². The molecule has 0 spiro atoms. The van der Waals surface area contributed by atoms with Crippen molar-refractivity contribution in [3.63, 3.8) is 0 Å². The van der Waals surface area contributed by atoms with Crippen LogP contribution in [-0.2, 0) is 26.4 Å². The van der Waals surface area contributed by atoms with Crippen molar-refractivity contribution >= 4 is 5.97 Å². The van der Waals surface area contributed by atoms with E-state index >= 15 is 0 Å². The van der Waals surface area contributed by atoms with Crippen LogP contribution in [-0.4, -0.2) is 25.2 Å². The number of rotatable bonds is 26. The molecule has 51 heavy (non-hydrogen) atoms. The molecular weight excluding hydrogens is 627 g/mol. The van der Waals surface area contributed by atoms with Crippen molar-refractivity contribution < 1.29 is 14.3 Å². The van der Waals surface area contributed by atoms with Gasteiger partial charge in [0.15, 0.2) is 0 Å². The quantitative estimate of drug-likeness (QED) is 0.0309. The average Bonchev–Trinajstić information content (AvgIpc) is 3.18. The molecule has 0 amide bonds. The van der Waals surface area contributed by atoms with E-state index in [-0.39, 0.29) is 12.6 Å². The van der Waals surface area contributed by atoms with Crippen LogP contribution in [0.4, 0.5) is 0 Å². The molecule has 4 aromatic rings. The van der Waals surface area contributed by atoms with E-state index < -0.39 is 11.7 Å². The van der Waals surface area contributed by atoms with E-state index in [1.54, 1.807) is 0 Å². The summed E-state index contributed by atoms with van der Waals surface area (Å²) in [5.41, 5.74) is 3.38. The topological polar surface area (TPSA) is 47.6 Å². The first-order valence-electron chi connectivity index (χ1n) is 19.6. The molecule has 0 saturated heterocycles. The fourth-order valence-electron chi connectivity index (χ4n) is 6.68. The van der Waals surface area contributed by atoms with Crippen LogP contribution < -0.4 is 5.32 Å². The van der Waals surface area contributed by atoms with E-state index in [1.165, 1.54) is 63.4 Å². The van der Waals surface area contributed by atoms with Crippen LogP contribution in [0.2, 0.25) is 0 Å². The molecule has 4 nitrogen and oxygen atoms in total. The maximum Gasteiger partial charge on any atom is 0.306 e. The number of benzene rings is 4. The van der Waals surface area contributed by atoms with Crippen LogP contribution in [0.3, 0.4) is 0 Å². The van der Waals surface area contributed by atoms with Gasteiger partial charge in [-0.2, -0.15) is 0 Å². The van der Waals surface area contributed by atoms with Gasteiger partial charge in [0.1, 0.15) is 11.7 Å². The van der Waals surface area contributed by atoms with Crippen molar-refractivity contribution in [1.82, 2.24) is 5.32 Å². The number of nitrogens with one attached hydrogen (secondary N) is 1. The molecule has 0 aliphatic carbocycles. The molecule has 0 aromatic heterocycles. The molecular formula is C47H61NO3. The van der Waals surface area contributed by atoms with Crippen LogP contribution in [0, 0.1) is 0 Å². The number of ether oxygens (including phenoxy) is 2. The Morgan fingerprint density at radius 3 is 1.57 bits per heavy atom. The predicted molar refractivity (Wildman–Crippen MR) is 213 cm³/mol. The Bertz CT molecular complexity index is 1380. The summed E-state index contributed by atoms with van der Waals surface area (Å²) < 4.78 is 13.2. The van der Waals surface area contributed by atoms with Crippen LogP contribution in [0.5, 0.6) is 0 Å². The van der Waals surface area contributed by atoms with E-state index in [4.69, 9.17) is 9.47 Å². The number of unbranched alkanes of at least 4 members (excludes halogenated alkanes) is 11. The summed E-state index contributed by atoms with van der Waals surface area (Å²) in [5, 5.41) is 3.52. The van der Waals surface area contributed by atoms with Crippen LogP contribution in [0.25, 0.3) is 0 Å². The SMILES string of the molecule is CCCCCCCC/C=C/CCCCCCCC(=O)OC(CNCc1ccccc1)COC(c1ccccc1)(c1ccccc1)c1ccccc1. The van der Waals surface area contributed by atoms with Gasteiger partial charge in [-0.25, -0.2) is 0 Å². The van der Waals surface area contributed by atoms with Gasteiger partial charge in [-0.15, -0.1) is 0 Å². The zero-order valence-electron chi connectivity index (χ0n) is 31.0. The summed E-state index contributed by atoms with van der Waals surface area (Å²) in [6.07, 6.45) is 20.7. The van der Waals surface area contributed by atoms with E-state index in [0.717, 1.165) is 42.4 Å². The molecule has 1 atom stereocenters. The average molecular weight is 688 g/mol. The largest absolute Gasteiger partial charge is 0.459 e. The highest BCUT2D eigenvalue weighted by Crippen LogP contribution is 2.40. The van der Waals surface area contributed by atoms with Crippen LogP contribution in [0.15, 0.2) is 133 Å². The fourth-order valence-corrected chi connectivity index (χ4v) is 6.68. The summed E-state index contributed by atoms with van der Waals surface area (Å²) >= 11 is 0. The van der Waals surface area contributed by atoms with Gasteiger partial charge in [-0.3, -0.25) is 4.79 Å². The third kappa shape index (κ3) is 14.3. The molecule has 4 heteroatoms. The lowest BCUT2D eigenvalue weighted by Gasteiger charge is -2.37. The molecule has 0 saturated carbocycles. The summed E-state index contributed by atoms with van der Waals surface area (Å²) in [4.78, 5) is 13.2. The molecule has 0 bridgehead atoms. The molecule has 0 aliphatic rings. The Balaban J connectivity index is 1.31. The van der Waals surface area contributed by atoms with Crippen molar-refractivity contribution in [2.45, 2.75) is 115 Å². The third-order valence-corrected chi connectivity index (χ3v) is 9.51. The molecule has 1 N–H and O–H groups in total. The van der Waals surface area contributed by atoms with Gasteiger partial charge in [0.05, 0.1) is 6.61 Å². The maximum absolute atomic E-state index is 13.2. The molecule has 1 unspecified atom stereocenters. The molecule has 0 radical (unpaired) electrons. The highest BCUT2D eigenvalue weighted by molar-refractivity contribution is 5.69. The van der Waals surface area contributed by atoms with Gasteiger partial charge in [0.2, 0.25) is 0 Å². The Labute approximate surface area is 308 Å². The minimum absolute atomic E-state index is 0.160.